The molecule has 0 radical (unpaired) electrons. The number of carboxylic acids is 2. The van der Waals surface area contributed by atoms with Crippen LogP contribution in [0.15, 0.2) is 57.1 Å². The van der Waals surface area contributed by atoms with Gasteiger partial charge in [0.25, 0.3) is 0 Å². The van der Waals surface area contributed by atoms with Crippen molar-refractivity contribution in [2.24, 2.45) is 20.5 Å². The first-order valence-corrected chi connectivity index (χ1v) is 26.9. The number of carboxylic acid groups (broad SMARTS) is 2. The third-order valence-electron chi connectivity index (χ3n) is 12.5. The molecule has 5 heterocycles. The van der Waals surface area contributed by atoms with Crippen LogP contribution >= 0.6 is 11.3 Å². The van der Waals surface area contributed by atoms with Gasteiger partial charge in [-0.15, -0.1) is 40.9 Å². The highest BCUT2D eigenvalue weighted by Crippen LogP contribution is 2.42. The van der Waals surface area contributed by atoms with Crippen molar-refractivity contribution in [1.82, 2.24) is 49.8 Å². The number of nitriles is 3. The van der Waals surface area contributed by atoms with Crippen LogP contribution in [0, 0.1) is 82.5 Å². The minimum atomic E-state index is -1.29. The second kappa shape index (κ2) is 28.7. The SMILES string of the molecule is CNc1nc(NCCCOC)c(N=Nc2nn(-c3nnc(-n4cc(C#N)c(N=Nc5c(Nc6c(C)cc(C)cc6C)nc(N(CCON(CC(=O)O)CC(=O)O)c6c(C)cc(C)cc6C)c(C#N)c5C)n4)s3)cc2C#N)c(NCCCOC)n1. The van der Waals surface area contributed by atoms with Crippen LogP contribution in [-0.4, -0.2) is 146 Å². The molecule has 0 aliphatic heterocycles. The number of anilines is 7. The highest BCUT2D eigenvalue weighted by Gasteiger charge is 2.27. The van der Waals surface area contributed by atoms with E-state index in [2.05, 4.69) is 90.3 Å². The van der Waals surface area contributed by atoms with Gasteiger partial charge in [-0.3, -0.25) is 14.4 Å². The van der Waals surface area contributed by atoms with Crippen molar-refractivity contribution in [3.63, 3.8) is 0 Å². The number of nitrogens with zero attached hydrogens (tertiary/aromatic N) is 18. The lowest BCUT2D eigenvalue weighted by molar-refractivity contribution is -0.183. The molecule has 7 aromatic rings. The first kappa shape index (κ1) is 61.7. The van der Waals surface area contributed by atoms with Crippen molar-refractivity contribution in [3.05, 3.63) is 92.3 Å². The van der Waals surface area contributed by atoms with Crippen LogP contribution in [0.5, 0.6) is 0 Å². The maximum atomic E-state index is 11.7. The highest BCUT2D eigenvalue weighted by molar-refractivity contribution is 7.16. The van der Waals surface area contributed by atoms with Crippen LogP contribution in [0.3, 0.4) is 0 Å². The van der Waals surface area contributed by atoms with E-state index >= 15 is 0 Å². The summed E-state index contributed by atoms with van der Waals surface area (Å²) in [6.45, 7) is 13.7. The monoisotopic (exact) mass is 1160 g/mol. The number of aromatic nitrogens is 9. The van der Waals surface area contributed by atoms with Crippen LogP contribution < -0.4 is 26.2 Å². The molecule has 6 N–H and O–H groups in total. The van der Waals surface area contributed by atoms with Gasteiger partial charge in [-0.2, -0.15) is 30.8 Å². The van der Waals surface area contributed by atoms with Crippen molar-refractivity contribution < 1.29 is 34.1 Å². The average molecular weight is 1160 g/mol. The van der Waals surface area contributed by atoms with Crippen molar-refractivity contribution in [3.8, 4) is 28.5 Å². The molecule has 0 fully saturated rings. The second-order valence-electron chi connectivity index (χ2n) is 19.0. The molecule has 7 rings (SSSR count). The van der Waals surface area contributed by atoms with Gasteiger partial charge >= 0.3 is 11.9 Å². The molecular weight excluding hydrogens is 1100 g/mol. The number of hydrogen-bond acceptors (Lipinski definition) is 26. The summed E-state index contributed by atoms with van der Waals surface area (Å²) in [7, 11) is 4.93. The molecule has 2 aromatic carbocycles. The normalized spacial score (nSPS) is 11.3. The van der Waals surface area contributed by atoms with Crippen LogP contribution in [0.2, 0.25) is 0 Å². The largest absolute Gasteiger partial charge is 0.480 e. The zero-order valence-corrected chi connectivity index (χ0v) is 48.7. The van der Waals surface area contributed by atoms with Crippen molar-refractivity contribution in [2.45, 2.75) is 61.3 Å². The molecule has 0 aliphatic rings. The van der Waals surface area contributed by atoms with Gasteiger partial charge < -0.3 is 45.9 Å². The summed E-state index contributed by atoms with van der Waals surface area (Å²) in [5.41, 5.74) is 7.75. The minimum Gasteiger partial charge on any atom is -0.480 e. The number of hydroxylamine groups is 2. The van der Waals surface area contributed by atoms with E-state index in [0.717, 1.165) is 49.8 Å². The lowest BCUT2D eigenvalue weighted by Crippen LogP contribution is -2.37. The molecule has 84 heavy (non-hydrogen) atoms. The Morgan fingerprint density at radius 1 is 0.679 bits per heavy atom. The Labute approximate surface area is 487 Å². The molecule has 436 valence electrons. The van der Waals surface area contributed by atoms with Gasteiger partial charge in [0.15, 0.2) is 29.0 Å². The molecule has 29 nitrogen and oxygen atoms in total. The summed E-state index contributed by atoms with van der Waals surface area (Å²) in [6, 6.07) is 14.5. The fraction of sp³-hybridized carbons (Fsp3) is 0.370. The molecule has 0 amide bonds. The van der Waals surface area contributed by atoms with Gasteiger partial charge in [0.1, 0.15) is 53.7 Å². The first-order chi connectivity index (χ1) is 40.4. The van der Waals surface area contributed by atoms with Crippen molar-refractivity contribution >= 4 is 86.9 Å². The average Bonchev–Trinajstić information content (AvgIpc) is 2.53. The Morgan fingerprint density at radius 3 is 1.64 bits per heavy atom. The van der Waals surface area contributed by atoms with Gasteiger partial charge in [0, 0.05) is 64.5 Å². The van der Waals surface area contributed by atoms with E-state index in [1.165, 1.54) is 21.8 Å². The minimum absolute atomic E-state index is 0.00899. The van der Waals surface area contributed by atoms with E-state index in [1.807, 2.05) is 65.8 Å². The van der Waals surface area contributed by atoms with Gasteiger partial charge in [-0.1, -0.05) is 46.7 Å². The number of pyridine rings is 1. The smallest absolute Gasteiger partial charge is 0.320 e. The van der Waals surface area contributed by atoms with Gasteiger partial charge in [0.05, 0.1) is 25.5 Å². The predicted octanol–water partition coefficient (Wildman–Crippen LogP) is 8.92. The summed E-state index contributed by atoms with van der Waals surface area (Å²) < 4.78 is 13.0. The van der Waals surface area contributed by atoms with E-state index in [9.17, 15) is 35.6 Å². The maximum absolute atomic E-state index is 11.7. The van der Waals surface area contributed by atoms with E-state index in [4.69, 9.17) is 19.3 Å². The Kier molecular flexibility index (Phi) is 21.1. The van der Waals surface area contributed by atoms with Gasteiger partial charge in [-0.05, 0) is 83.6 Å². The maximum Gasteiger partial charge on any atom is 0.320 e. The number of azo groups is 2. The van der Waals surface area contributed by atoms with E-state index in [0.29, 0.717) is 73.7 Å². The summed E-state index contributed by atoms with van der Waals surface area (Å²) in [5.74, 6) is -1.27. The summed E-state index contributed by atoms with van der Waals surface area (Å²) in [6.07, 6.45) is 4.18. The molecule has 0 spiro atoms. The van der Waals surface area contributed by atoms with Crippen LogP contribution in [0.4, 0.5) is 63.6 Å². The first-order valence-electron chi connectivity index (χ1n) is 26.1. The summed E-state index contributed by atoms with van der Waals surface area (Å²) in [4.78, 5) is 45.1. The number of nitrogens with one attached hydrogen (secondary N) is 4. The number of carbonyl (C=O) groups is 2. The van der Waals surface area contributed by atoms with Crippen LogP contribution in [0.25, 0.3) is 10.3 Å². The highest BCUT2D eigenvalue weighted by atomic mass is 32.1. The molecule has 0 atom stereocenters. The van der Waals surface area contributed by atoms with Gasteiger partial charge in [-0.25, -0.2) is 14.3 Å². The Hall–Kier alpha value is -9.90. The molecule has 0 bridgehead atoms. The molecule has 0 saturated heterocycles. The van der Waals surface area contributed by atoms with E-state index in [1.54, 1.807) is 33.1 Å². The molecule has 0 aliphatic carbocycles. The van der Waals surface area contributed by atoms with Gasteiger partial charge in [0.2, 0.25) is 27.8 Å². The Morgan fingerprint density at radius 2 is 1.18 bits per heavy atom. The van der Waals surface area contributed by atoms with Crippen molar-refractivity contribution in [2.75, 3.05) is 100.0 Å². The number of hydrogen-bond donors (Lipinski definition) is 6. The van der Waals surface area contributed by atoms with Crippen LogP contribution in [-0.2, 0) is 23.9 Å². The number of benzene rings is 2. The number of rotatable bonds is 29. The Bertz CT molecular complexity index is 3640. The zero-order chi connectivity index (χ0) is 60.6. The molecule has 30 heteroatoms. The second-order valence-corrected chi connectivity index (χ2v) is 19.9. The molecule has 5 aromatic heterocycles. The number of ether oxygens (including phenoxy) is 2. The van der Waals surface area contributed by atoms with Crippen LogP contribution in [0.1, 0.15) is 68.5 Å². The van der Waals surface area contributed by atoms with Crippen molar-refractivity contribution in [1.29, 1.82) is 15.8 Å². The number of aryl methyl sites for hydroxylation is 6. The number of methoxy groups -OCH3 is 2. The third-order valence-corrected chi connectivity index (χ3v) is 13.4. The quantitative estimate of drug-likeness (QED) is 0.0145. The topological polar surface area (TPSA) is 378 Å². The summed E-state index contributed by atoms with van der Waals surface area (Å²) >= 11 is 1.02. The van der Waals surface area contributed by atoms with E-state index in [-0.39, 0.29) is 74.8 Å². The molecule has 0 saturated carbocycles. The van der Waals surface area contributed by atoms with E-state index < -0.39 is 25.0 Å². The fourth-order valence-corrected chi connectivity index (χ4v) is 9.62. The lowest BCUT2D eigenvalue weighted by Gasteiger charge is -2.30. The molecular formula is C54H62N22O7S. The Balaban J connectivity index is 1.26. The standard InChI is InChI=1S/C54H62N22O7S/c1-30-19-32(3)42(33(4)20-30)61-50-43(36(7)39(25-57)51(62-50)74(45-34(5)21-31(2)22-35(45)6)15-18-83-73(28-40(77)78)29-41(79)80)65-67-46-37(23-55)26-75(71-46)53-69-70-54(84-53)76-27-38(24-56)47(72-76)68-66-44-48(59-13-11-16-81-9)63-52(58-8)64-49(44)60-14-12-17-82-10/h19-22,26-27H,11-18,28-29H2,1-10H3,(H,61,62)(H,77,78)(H,79,80)(H3,58,59,60,63,64). The summed E-state index contributed by atoms with van der Waals surface area (Å²) in [5, 5.41) is 101. The molecule has 0 unspecified atom stereocenters. The third kappa shape index (κ3) is 15.2. The number of aliphatic carboxylic acids is 2. The fourth-order valence-electron chi connectivity index (χ4n) is 8.92. The predicted molar refractivity (Wildman–Crippen MR) is 312 cm³/mol. The zero-order valence-electron chi connectivity index (χ0n) is 47.9. The lowest BCUT2D eigenvalue weighted by atomic mass is 10.0.